The number of hydrogen-bond donors (Lipinski definition) is 1. The third-order valence-corrected chi connectivity index (χ3v) is 5.67. The summed E-state index contributed by atoms with van der Waals surface area (Å²) in [6, 6.07) is 13.5. The second-order valence-corrected chi connectivity index (χ2v) is 8.10. The number of amides is 2. The van der Waals surface area contributed by atoms with Gasteiger partial charge in [0.1, 0.15) is 5.75 Å². The number of carbonyl (C=O) groups is 2. The highest BCUT2D eigenvalue weighted by Crippen LogP contribution is 2.18. The maximum atomic E-state index is 12.5. The molecule has 160 valence electrons. The molecular weight excluding hydrogens is 378 g/mol. The SMILES string of the molecule is Cc1ccc(OCC(=O)N2CCC(NC(=O)c3ccc(N(C)C)cc3)CC2)cc1C. The second kappa shape index (κ2) is 9.65. The molecule has 0 spiro atoms. The standard InChI is InChI=1S/C24H31N3O3/c1-17-5-10-22(15-18(17)2)30-16-23(28)27-13-11-20(12-14-27)25-24(29)19-6-8-21(9-7-19)26(3)4/h5-10,15,20H,11-14,16H2,1-4H3,(H,25,29). The van der Waals surface area contributed by atoms with Gasteiger partial charge in [-0.3, -0.25) is 9.59 Å². The molecule has 6 heteroatoms. The number of piperidine rings is 1. The number of nitrogens with one attached hydrogen (secondary N) is 1. The van der Waals surface area contributed by atoms with E-state index in [0.717, 1.165) is 24.1 Å². The molecule has 2 aromatic carbocycles. The molecule has 1 aliphatic heterocycles. The van der Waals surface area contributed by atoms with Crippen molar-refractivity contribution >= 4 is 17.5 Å². The first-order chi connectivity index (χ1) is 14.3. The highest BCUT2D eigenvalue weighted by atomic mass is 16.5. The first-order valence-corrected chi connectivity index (χ1v) is 10.4. The number of ether oxygens (including phenoxy) is 1. The van der Waals surface area contributed by atoms with Crippen LogP contribution in [0.3, 0.4) is 0 Å². The zero-order chi connectivity index (χ0) is 21.7. The summed E-state index contributed by atoms with van der Waals surface area (Å²) in [5.41, 5.74) is 4.06. The molecule has 1 fully saturated rings. The van der Waals surface area contributed by atoms with Crippen molar-refractivity contribution in [3.05, 3.63) is 59.2 Å². The van der Waals surface area contributed by atoms with Gasteiger partial charge in [-0.05, 0) is 74.2 Å². The molecule has 0 bridgehead atoms. The lowest BCUT2D eigenvalue weighted by Crippen LogP contribution is -2.47. The Morgan fingerprint density at radius 1 is 1.03 bits per heavy atom. The fraction of sp³-hybridized carbons (Fsp3) is 0.417. The van der Waals surface area contributed by atoms with Gasteiger partial charge in [0.2, 0.25) is 0 Å². The molecule has 2 amide bonds. The Morgan fingerprint density at radius 3 is 2.30 bits per heavy atom. The molecule has 6 nitrogen and oxygen atoms in total. The minimum atomic E-state index is -0.0665. The van der Waals surface area contributed by atoms with E-state index in [9.17, 15) is 9.59 Å². The molecule has 1 aliphatic rings. The molecule has 0 atom stereocenters. The van der Waals surface area contributed by atoms with E-state index in [2.05, 4.69) is 5.32 Å². The van der Waals surface area contributed by atoms with Gasteiger partial charge in [0.05, 0.1) is 0 Å². The average Bonchev–Trinajstić information content (AvgIpc) is 2.75. The summed E-state index contributed by atoms with van der Waals surface area (Å²) in [5.74, 6) is 0.634. The van der Waals surface area contributed by atoms with Crippen molar-refractivity contribution in [2.75, 3.05) is 38.7 Å². The first-order valence-electron chi connectivity index (χ1n) is 10.4. The van der Waals surface area contributed by atoms with Gasteiger partial charge < -0.3 is 19.9 Å². The maximum absolute atomic E-state index is 12.5. The van der Waals surface area contributed by atoms with Crippen LogP contribution in [0.15, 0.2) is 42.5 Å². The fourth-order valence-corrected chi connectivity index (χ4v) is 3.49. The molecule has 2 aromatic rings. The van der Waals surface area contributed by atoms with E-state index in [4.69, 9.17) is 4.74 Å². The van der Waals surface area contributed by atoms with Crippen molar-refractivity contribution < 1.29 is 14.3 Å². The number of aryl methyl sites for hydroxylation is 2. The topological polar surface area (TPSA) is 61.9 Å². The summed E-state index contributed by atoms with van der Waals surface area (Å²) in [6.45, 7) is 5.36. The summed E-state index contributed by atoms with van der Waals surface area (Å²) in [6.07, 6.45) is 1.49. The van der Waals surface area contributed by atoms with Crippen LogP contribution in [0.2, 0.25) is 0 Å². The lowest BCUT2D eigenvalue weighted by atomic mass is 10.0. The summed E-state index contributed by atoms with van der Waals surface area (Å²) in [4.78, 5) is 28.8. The van der Waals surface area contributed by atoms with Gasteiger partial charge in [0, 0.05) is 44.5 Å². The molecule has 0 saturated carbocycles. The van der Waals surface area contributed by atoms with E-state index in [0.29, 0.717) is 24.4 Å². The van der Waals surface area contributed by atoms with Crippen LogP contribution in [0.1, 0.15) is 34.3 Å². The summed E-state index contributed by atoms with van der Waals surface area (Å²) >= 11 is 0. The predicted octanol–water partition coefficient (Wildman–Crippen LogP) is 3.17. The Labute approximate surface area is 178 Å². The number of rotatable bonds is 6. The molecule has 0 radical (unpaired) electrons. The first kappa shape index (κ1) is 21.7. The molecular formula is C24H31N3O3. The molecule has 0 aliphatic carbocycles. The van der Waals surface area contributed by atoms with Crippen LogP contribution in [0, 0.1) is 13.8 Å². The molecule has 3 rings (SSSR count). The van der Waals surface area contributed by atoms with Crippen molar-refractivity contribution in [2.45, 2.75) is 32.7 Å². The van der Waals surface area contributed by atoms with E-state index in [1.807, 2.05) is 80.2 Å². The smallest absolute Gasteiger partial charge is 0.260 e. The highest BCUT2D eigenvalue weighted by molar-refractivity contribution is 5.94. The third kappa shape index (κ3) is 5.53. The van der Waals surface area contributed by atoms with Crippen molar-refractivity contribution in [1.29, 1.82) is 0 Å². The number of carbonyl (C=O) groups excluding carboxylic acids is 2. The van der Waals surface area contributed by atoms with Crippen molar-refractivity contribution in [1.82, 2.24) is 10.2 Å². The lowest BCUT2D eigenvalue weighted by Gasteiger charge is -2.32. The zero-order valence-corrected chi connectivity index (χ0v) is 18.3. The molecule has 1 saturated heterocycles. The molecule has 0 unspecified atom stereocenters. The Kier molecular flexibility index (Phi) is 6.98. The van der Waals surface area contributed by atoms with E-state index in [1.54, 1.807) is 0 Å². The van der Waals surface area contributed by atoms with Crippen LogP contribution in [0.4, 0.5) is 5.69 Å². The van der Waals surface area contributed by atoms with E-state index >= 15 is 0 Å². The second-order valence-electron chi connectivity index (χ2n) is 8.10. The third-order valence-electron chi connectivity index (χ3n) is 5.67. The van der Waals surface area contributed by atoms with Crippen LogP contribution >= 0.6 is 0 Å². The van der Waals surface area contributed by atoms with Crippen LogP contribution in [0.25, 0.3) is 0 Å². The number of anilines is 1. The minimum absolute atomic E-state index is 0.0164. The summed E-state index contributed by atoms with van der Waals surface area (Å²) in [5, 5.41) is 3.09. The van der Waals surface area contributed by atoms with E-state index in [-0.39, 0.29) is 24.5 Å². The normalized spacial score (nSPS) is 14.3. The van der Waals surface area contributed by atoms with Crippen LogP contribution in [-0.2, 0) is 4.79 Å². The minimum Gasteiger partial charge on any atom is -0.484 e. The van der Waals surface area contributed by atoms with Gasteiger partial charge in [0.25, 0.3) is 11.8 Å². The van der Waals surface area contributed by atoms with Gasteiger partial charge in [-0.15, -0.1) is 0 Å². The Morgan fingerprint density at radius 2 is 1.70 bits per heavy atom. The number of hydrogen-bond acceptors (Lipinski definition) is 4. The summed E-state index contributed by atoms with van der Waals surface area (Å²) < 4.78 is 5.67. The van der Waals surface area contributed by atoms with Crippen molar-refractivity contribution in [2.24, 2.45) is 0 Å². The van der Waals surface area contributed by atoms with Crippen LogP contribution in [0.5, 0.6) is 5.75 Å². The van der Waals surface area contributed by atoms with Gasteiger partial charge in [-0.1, -0.05) is 6.07 Å². The van der Waals surface area contributed by atoms with Gasteiger partial charge in [-0.2, -0.15) is 0 Å². The highest BCUT2D eigenvalue weighted by Gasteiger charge is 2.24. The van der Waals surface area contributed by atoms with Crippen molar-refractivity contribution in [3.63, 3.8) is 0 Å². The summed E-state index contributed by atoms with van der Waals surface area (Å²) in [7, 11) is 3.94. The number of benzene rings is 2. The zero-order valence-electron chi connectivity index (χ0n) is 18.3. The quantitative estimate of drug-likeness (QED) is 0.796. The Balaban J connectivity index is 1.44. The number of nitrogens with zero attached hydrogens (tertiary/aromatic N) is 2. The van der Waals surface area contributed by atoms with Gasteiger partial charge in [0.15, 0.2) is 6.61 Å². The average molecular weight is 410 g/mol. The van der Waals surface area contributed by atoms with Crippen molar-refractivity contribution in [3.8, 4) is 5.75 Å². The fourth-order valence-electron chi connectivity index (χ4n) is 3.49. The van der Waals surface area contributed by atoms with Gasteiger partial charge >= 0.3 is 0 Å². The Hall–Kier alpha value is -3.02. The van der Waals surface area contributed by atoms with E-state index in [1.165, 1.54) is 5.56 Å². The van der Waals surface area contributed by atoms with E-state index < -0.39 is 0 Å². The largest absolute Gasteiger partial charge is 0.484 e. The Bertz CT molecular complexity index is 885. The predicted molar refractivity (Wildman–Crippen MR) is 119 cm³/mol. The maximum Gasteiger partial charge on any atom is 0.260 e. The monoisotopic (exact) mass is 409 g/mol. The van der Waals surface area contributed by atoms with Gasteiger partial charge in [-0.25, -0.2) is 0 Å². The van der Waals surface area contributed by atoms with Crippen LogP contribution < -0.4 is 15.0 Å². The molecule has 0 aromatic heterocycles. The number of likely N-dealkylation sites (tertiary alicyclic amines) is 1. The van der Waals surface area contributed by atoms with Crippen LogP contribution in [-0.4, -0.2) is 56.5 Å². The lowest BCUT2D eigenvalue weighted by molar-refractivity contribution is -0.134. The molecule has 30 heavy (non-hydrogen) atoms. The molecule has 1 N–H and O–H groups in total. The molecule has 1 heterocycles.